The molecule has 2 aromatic rings. The van der Waals surface area contributed by atoms with Gasteiger partial charge in [0.25, 0.3) is 0 Å². The van der Waals surface area contributed by atoms with Crippen molar-refractivity contribution in [1.82, 2.24) is 4.90 Å². The van der Waals surface area contributed by atoms with E-state index in [1.807, 2.05) is 0 Å². The summed E-state index contributed by atoms with van der Waals surface area (Å²) in [6, 6.07) is 11.9. The molecule has 0 radical (unpaired) electrons. The van der Waals surface area contributed by atoms with E-state index in [0.717, 1.165) is 0 Å². The van der Waals surface area contributed by atoms with Gasteiger partial charge in [-0.15, -0.1) is 0 Å². The van der Waals surface area contributed by atoms with Crippen molar-refractivity contribution >= 4 is 23.2 Å². The van der Waals surface area contributed by atoms with Crippen molar-refractivity contribution in [3.63, 3.8) is 0 Å². The Balaban J connectivity index is 1.33. The van der Waals surface area contributed by atoms with Crippen molar-refractivity contribution in [2.45, 2.75) is 25.3 Å². The molecule has 2 aromatic carbocycles. The fourth-order valence-electron chi connectivity index (χ4n) is 4.20. The summed E-state index contributed by atoms with van der Waals surface area (Å²) in [6.07, 6.45) is 1.91. The first-order chi connectivity index (χ1) is 14.0. The van der Waals surface area contributed by atoms with E-state index in [9.17, 15) is 18.4 Å². The summed E-state index contributed by atoms with van der Waals surface area (Å²) in [4.78, 5) is 28.9. The number of hydrogen-bond acceptors (Lipinski definition) is 3. The number of halogens is 2. The minimum atomic E-state index is -0.394. The second-order valence-electron chi connectivity index (χ2n) is 7.56. The summed E-state index contributed by atoms with van der Waals surface area (Å²) in [6.45, 7) is 1.75. The topological polar surface area (TPSA) is 52.7 Å². The maximum atomic E-state index is 14.1. The smallest absolute Gasteiger partial charge is 0.244 e. The summed E-state index contributed by atoms with van der Waals surface area (Å²) in [5.41, 5.74) is 0.772. The van der Waals surface area contributed by atoms with Gasteiger partial charge in [0.05, 0.1) is 11.7 Å². The van der Waals surface area contributed by atoms with E-state index >= 15 is 0 Å². The first-order valence-electron chi connectivity index (χ1n) is 9.89. The molecule has 0 spiro atoms. The molecule has 2 aliphatic heterocycles. The molecule has 2 heterocycles. The molecular weight excluding hydrogens is 376 g/mol. The van der Waals surface area contributed by atoms with Gasteiger partial charge in [0, 0.05) is 18.2 Å². The first-order valence-corrected chi connectivity index (χ1v) is 9.89. The summed E-state index contributed by atoms with van der Waals surface area (Å²) in [5, 5.41) is 2.77. The largest absolute Gasteiger partial charge is 0.326 e. The fraction of sp³-hybridized carbons (Fsp3) is 0.364. The zero-order valence-electron chi connectivity index (χ0n) is 16.0. The van der Waals surface area contributed by atoms with Gasteiger partial charge in [-0.1, -0.05) is 18.2 Å². The van der Waals surface area contributed by atoms with Gasteiger partial charge >= 0.3 is 0 Å². The zero-order valence-corrected chi connectivity index (χ0v) is 16.0. The third kappa shape index (κ3) is 4.15. The van der Waals surface area contributed by atoms with Crippen LogP contribution in [0.1, 0.15) is 19.3 Å². The van der Waals surface area contributed by atoms with Crippen LogP contribution in [0.3, 0.4) is 0 Å². The normalized spacial score (nSPS) is 20.8. The van der Waals surface area contributed by atoms with E-state index in [4.69, 9.17) is 0 Å². The minimum Gasteiger partial charge on any atom is -0.326 e. The van der Waals surface area contributed by atoms with Gasteiger partial charge < -0.3 is 10.2 Å². The van der Waals surface area contributed by atoms with Crippen molar-refractivity contribution in [2.75, 3.05) is 29.9 Å². The third-order valence-corrected chi connectivity index (χ3v) is 5.75. The molecule has 2 fully saturated rings. The quantitative estimate of drug-likeness (QED) is 0.857. The Morgan fingerprint density at radius 2 is 1.72 bits per heavy atom. The molecular formula is C22H23F2N3O2. The SMILES string of the molecule is O=C(Nc1cccc(F)c1)C1CCN(C2CCN(c3ccccc3F)C2=O)CC1. The number of piperidine rings is 1. The molecule has 1 N–H and O–H groups in total. The first kappa shape index (κ1) is 19.5. The van der Waals surface area contributed by atoms with Crippen LogP contribution in [0.2, 0.25) is 0 Å². The van der Waals surface area contributed by atoms with Crippen LogP contribution in [-0.2, 0) is 9.59 Å². The molecule has 152 valence electrons. The molecule has 2 amide bonds. The van der Waals surface area contributed by atoms with Crippen LogP contribution in [0.4, 0.5) is 20.2 Å². The lowest BCUT2D eigenvalue weighted by Crippen LogP contribution is -2.47. The van der Waals surface area contributed by atoms with E-state index in [2.05, 4.69) is 10.2 Å². The average molecular weight is 399 g/mol. The van der Waals surface area contributed by atoms with Crippen molar-refractivity contribution < 1.29 is 18.4 Å². The highest BCUT2D eigenvalue weighted by molar-refractivity contribution is 5.99. The number of carbonyl (C=O) groups excluding carboxylic acids is 2. The van der Waals surface area contributed by atoms with Gasteiger partial charge in [-0.25, -0.2) is 8.78 Å². The van der Waals surface area contributed by atoms with Crippen molar-refractivity contribution in [3.8, 4) is 0 Å². The van der Waals surface area contributed by atoms with Crippen LogP contribution in [0, 0.1) is 17.6 Å². The number of nitrogens with one attached hydrogen (secondary N) is 1. The molecule has 1 atom stereocenters. The molecule has 29 heavy (non-hydrogen) atoms. The number of likely N-dealkylation sites (tertiary alicyclic amines) is 1. The summed E-state index contributed by atoms with van der Waals surface area (Å²) in [5.74, 6) is -1.17. The van der Waals surface area contributed by atoms with Crippen molar-refractivity contribution in [2.24, 2.45) is 5.92 Å². The molecule has 0 aliphatic carbocycles. The van der Waals surface area contributed by atoms with E-state index in [1.54, 1.807) is 30.3 Å². The molecule has 7 heteroatoms. The molecule has 4 rings (SSSR count). The highest BCUT2D eigenvalue weighted by atomic mass is 19.1. The second-order valence-corrected chi connectivity index (χ2v) is 7.56. The van der Waals surface area contributed by atoms with Crippen molar-refractivity contribution in [1.29, 1.82) is 0 Å². The number of amides is 2. The van der Waals surface area contributed by atoms with Crippen LogP contribution >= 0.6 is 0 Å². The van der Waals surface area contributed by atoms with E-state index in [-0.39, 0.29) is 23.8 Å². The number of para-hydroxylation sites is 1. The Morgan fingerprint density at radius 3 is 2.45 bits per heavy atom. The zero-order chi connectivity index (χ0) is 20.4. The number of nitrogens with zero attached hydrogens (tertiary/aromatic N) is 2. The molecule has 0 bridgehead atoms. The highest BCUT2D eigenvalue weighted by Gasteiger charge is 2.39. The van der Waals surface area contributed by atoms with Crippen LogP contribution in [-0.4, -0.2) is 42.4 Å². The predicted molar refractivity (Wildman–Crippen MR) is 106 cm³/mol. The van der Waals surface area contributed by atoms with Crippen molar-refractivity contribution in [3.05, 3.63) is 60.2 Å². The Labute approximate surface area is 168 Å². The number of carbonyl (C=O) groups is 2. The lowest BCUT2D eigenvalue weighted by atomic mass is 9.94. The number of benzene rings is 2. The second kappa shape index (κ2) is 8.29. The van der Waals surface area contributed by atoms with Crippen LogP contribution in [0.5, 0.6) is 0 Å². The van der Waals surface area contributed by atoms with E-state index < -0.39 is 11.6 Å². The molecule has 5 nitrogen and oxygen atoms in total. The van der Waals surface area contributed by atoms with E-state index in [1.165, 1.54) is 23.1 Å². The molecule has 1 unspecified atom stereocenters. The van der Waals surface area contributed by atoms with Gasteiger partial charge in [-0.2, -0.15) is 0 Å². The predicted octanol–water partition coefficient (Wildman–Crippen LogP) is 3.42. The Hall–Kier alpha value is -2.80. The third-order valence-electron chi connectivity index (χ3n) is 5.75. The van der Waals surface area contributed by atoms with Gasteiger partial charge in [-0.3, -0.25) is 14.5 Å². The maximum absolute atomic E-state index is 14.1. The van der Waals surface area contributed by atoms with Gasteiger partial charge in [0.1, 0.15) is 11.6 Å². The average Bonchev–Trinajstić information content (AvgIpc) is 3.09. The Bertz CT molecular complexity index is 912. The highest BCUT2D eigenvalue weighted by Crippen LogP contribution is 2.29. The van der Waals surface area contributed by atoms with Crippen LogP contribution in [0.25, 0.3) is 0 Å². The monoisotopic (exact) mass is 399 g/mol. The standard InChI is InChI=1S/C22H23F2N3O2/c23-16-4-3-5-17(14-16)25-21(28)15-8-11-26(12-9-15)20-10-13-27(22(20)29)19-7-2-1-6-18(19)24/h1-7,14-15,20H,8-13H2,(H,25,28). The Kier molecular flexibility index (Phi) is 5.58. The molecule has 2 aliphatic rings. The number of anilines is 2. The van der Waals surface area contributed by atoms with Gasteiger partial charge in [0.2, 0.25) is 11.8 Å². The molecule has 2 saturated heterocycles. The summed E-state index contributed by atoms with van der Waals surface area (Å²) in [7, 11) is 0. The van der Waals surface area contributed by atoms with E-state index in [0.29, 0.717) is 50.3 Å². The number of hydrogen-bond donors (Lipinski definition) is 1. The van der Waals surface area contributed by atoms with Gasteiger partial charge in [0.15, 0.2) is 0 Å². The maximum Gasteiger partial charge on any atom is 0.244 e. The molecule has 0 aromatic heterocycles. The fourth-order valence-corrected chi connectivity index (χ4v) is 4.20. The number of rotatable bonds is 4. The van der Waals surface area contributed by atoms with Crippen LogP contribution in [0.15, 0.2) is 48.5 Å². The lowest BCUT2D eigenvalue weighted by Gasteiger charge is -2.34. The van der Waals surface area contributed by atoms with Gasteiger partial charge in [-0.05, 0) is 62.7 Å². The Morgan fingerprint density at radius 1 is 0.966 bits per heavy atom. The lowest BCUT2D eigenvalue weighted by molar-refractivity contribution is -0.123. The minimum absolute atomic E-state index is 0.0854. The summed E-state index contributed by atoms with van der Waals surface area (Å²) >= 11 is 0. The van der Waals surface area contributed by atoms with Crippen LogP contribution < -0.4 is 10.2 Å². The molecule has 0 saturated carbocycles. The summed E-state index contributed by atoms with van der Waals surface area (Å²) < 4.78 is 27.3.